The SMILES string of the molecule is COc1c(Nc2ccc(C)cc2F)ncnc1OC1CC2COCC(C1)N2C(=O)OC1CCC1.O=S=O. The number of nitrogens with one attached hydrogen (secondary N) is 1. The maximum atomic E-state index is 14.4. The Morgan fingerprint density at radius 2 is 1.86 bits per heavy atom. The molecule has 3 fully saturated rings. The van der Waals surface area contributed by atoms with Gasteiger partial charge in [0, 0.05) is 12.8 Å². The second-order valence-electron chi connectivity index (χ2n) is 9.14. The van der Waals surface area contributed by atoms with E-state index in [0.29, 0.717) is 31.9 Å². The Morgan fingerprint density at radius 3 is 2.46 bits per heavy atom. The molecule has 0 spiro atoms. The molecule has 2 aliphatic heterocycles. The van der Waals surface area contributed by atoms with Crippen LogP contribution in [0.3, 0.4) is 0 Å². The minimum Gasteiger partial charge on any atom is -0.489 e. The first kappa shape index (κ1) is 26.7. The summed E-state index contributed by atoms with van der Waals surface area (Å²) in [7, 11) is 1.49. The summed E-state index contributed by atoms with van der Waals surface area (Å²) in [6, 6.07) is 4.64. The maximum absolute atomic E-state index is 14.4. The van der Waals surface area contributed by atoms with Crippen LogP contribution >= 0.6 is 0 Å². The van der Waals surface area contributed by atoms with Crippen LogP contribution in [0.2, 0.25) is 0 Å². The Hall–Kier alpha value is -3.32. The van der Waals surface area contributed by atoms with Crippen molar-refractivity contribution in [1.82, 2.24) is 14.9 Å². The second-order valence-corrected chi connectivity index (χ2v) is 9.27. The largest absolute Gasteiger partial charge is 0.489 e. The van der Waals surface area contributed by atoms with E-state index in [0.717, 1.165) is 24.8 Å². The summed E-state index contributed by atoms with van der Waals surface area (Å²) in [5, 5.41) is 2.97. The molecule has 2 aromatic rings. The van der Waals surface area contributed by atoms with Gasteiger partial charge in [-0.25, -0.2) is 14.2 Å². The van der Waals surface area contributed by atoms with Gasteiger partial charge < -0.3 is 24.3 Å². The van der Waals surface area contributed by atoms with Crippen molar-refractivity contribution in [2.24, 2.45) is 0 Å². The number of anilines is 2. The molecule has 3 heterocycles. The van der Waals surface area contributed by atoms with Crippen LogP contribution in [0.15, 0.2) is 24.5 Å². The molecule has 3 aliphatic rings. The van der Waals surface area contributed by atoms with E-state index in [9.17, 15) is 9.18 Å². The molecule has 0 radical (unpaired) electrons. The first-order chi connectivity index (χ1) is 17.9. The van der Waals surface area contributed by atoms with Crippen molar-refractivity contribution < 1.29 is 36.6 Å². The van der Waals surface area contributed by atoms with E-state index in [1.807, 2.05) is 11.8 Å². The number of nitrogens with zero attached hydrogens (tertiary/aromatic N) is 3. The average Bonchev–Trinajstić information content (AvgIpc) is 2.83. The summed E-state index contributed by atoms with van der Waals surface area (Å²) in [6.45, 7) is 2.70. The van der Waals surface area contributed by atoms with Crippen molar-refractivity contribution in [3.05, 3.63) is 35.9 Å². The number of ether oxygens (including phenoxy) is 4. The highest BCUT2D eigenvalue weighted by atomic mass is 32.1. The number of benzene rings is 1. The quantitative estimate of drug-likeness (QED) is 0.587. The fraction of sp³-hybridized carbons (Fsp3) is 0.542. The minimum atomic E-state index is -0.750. The number of piperidine rings is 1. The van der Waals surface area contributed by atoms with Gasteiger partial charge in [0.2, 0.25) is 5.75 Å². The molecule has 1 N–H and O–H groups in total. The van der Waals surface area contributed by atoms with E-state index in [1.165, 1.54) is 19.5 Å². The third-order valence-electron chi connectivity index (χ3n) is 6.64. The number of amides is 1. The third kappa shape index (κ3) is 6.34. The van der Waals surface area contributed by atoms with Crippen LogP contribution in [-0.2, 0) is 21.0 Å². The number of hydrogen-bond donors (Lipinski definition) is 1. The first-order valence-corrected chi connectivity index (χ1v) is 12.7. The van der Waals surface area contributed by atoms with Crippen molar-refractivity contribution >= 4 is 29.2 Å². The zero-order valence-corrected chi connectivity index (χ0v) is 21.4. The topological polar surface area (TPSA) is 129 Å². The molecule has 2 saturated heterocycles. The number of rotatable bonds is 6. The molecular formula is C24H29FN4O7S. The van der Waals surface area contributed by atoms with Crippen molar-refractivity contribution in [1.29, 1.82) is 0 Å². The maximum Gasteiger partial charge on any atom is 0.410 e. The van der Waals surface area contributed by atoms with E-state index >= 15 is 0 Å². The highest BCUT2D eigenvalue weighted by Crippen LogP contribution is 2.37. The fourth-order valence-electron chi connectivity index (χ4n) is 4.67. The van der Waals surface area contributed by atoms with Gasteiger partial charge in [-0.3, -0.25) is 4.90 Å². The van der Waals surface area contributed by atoms with Crippen LogP contribution in [0.1, 0.15) is 37.7 Å². The molecule has 2 atom stereocenters. The van der Waals surface area contributed by atoms with Gasteiger partial charge in [-0.05, 0) is 43.9 Å². The Kier molecular flexibility index (Phi) is 8.87. The van der Waals surface area contributed by atoms with Crippen molar-refractivity contribution in [3.63, 3.8) is 0 Å². The number of carbonyl (C=O) groups excluding carboxylic acids is 1. The number of hydrogen-bond acceptors (Lipinski definition) is 10. The summed E-state index contributed by atoms with van der Waals surface area (Å²) in [5.41, 5.74) is 1.10. The van der Waals surface area contributed by atoms with Crippen LogP contribution in [0.5, 0.6) is 11.6 Å². The Morgan fingerprint density at radius 1 is 1.16 bits per heavy atom. The van der Waals surface area contributed by atoms with E-state index in [4.69, 9.17) is 27.4 Å². The van der Waals surface area contributed by atoms with Gasteiger partial charge in [0.1, 0.15) is 24.4 Å². The highest BCUT2D eigenvalue weighted by Gasteiger charge is 2.44. The summed E-state index contributed by atoms with van der Waals surface area (Å²) < 4.78 is 54.1. The van der Waals surface area contributed by atoms with Crippen LogP contribution in [0.4, 0.5) is 20.7 Å². The number of morpholine rings is 1. The summed E-state index contributed by atoms with van der Waals surface area (Å²) >= 11 is -0.750. The molecule has 1 aliphatic carbocycles. The number of aromatic nitrogens is 2. The van der Waals surface area contributed by atoms with Gasteiger partial charge in [-0.15, -0.1) is 0 Å². The van der Waals surface area contributed by atoms with Gasteiger partial charge in [-0.1, -0.05) is 6.07 Å². The van der Waals surface area contributed by atoms with Crippen molar-refractivity contribution in [2.75, 3.05) is 25.6 Å². The molecule has 1 amide bonds. The van der Waals surface area contributed by atoms with E-state index in [-0.39, 0.29) is 47.7 Å². The third-order valence-corrected chi connectivity index (χ3v) is 6.64. The normalized spacial score (nSPS) is 22.6. The van der Waals surface area contributed by atoms with Gasteiger partial charge in [-0.2, -0.15) is 13.4 Å². The lowest BCUT2D eigenvalue weighted by Crippen LogP contribution is -2.61. The van der Waals surface area contributed by atoms with Crippen LogP contribution in [-0.4, -0.2) is 74.0 Å². The van der Waals surface area contributed by atoms with Gasteiger partial charge >= 0.3 is 17.7 Å². The number of aryl methyl sites for hydroxylation is 1. The zero-order valence-electron chi connectivity index (χ0n) is 20.6. The average molecular weight is 537 g/mol. The van der Waals surface area contributed by atoms with Gasteiger partial charge in [0.05, 0.1) is 38.1 Å². The first-order valence-electron chi connectivity index (χ1n) is 12.0. The molecule has 200 valence electrons. The Balaban J connectivity index is 0.00000102. The highest BCUT2D eigenvalue weighted by molar-refractivity contribution is 7.51. The zero-order chi connectivity index (χ0) is 26.4. The molecule has 1 aromatic carbocycles. The smallest absolute Gasteiger partial charge is 0.410 e. The standard InChI is InChI=1S/C24H29FN4O5.O2S/c1-14-6-7-20(19(25)8-14)28-22-21(31-2)23(27-13-26-22)33-18-9-15-11-32-12-16(10-18)29(15)24(30)34-17-4-3-5-17;1-3-2/h6-8,13,15-18H,3-5,9-12H2,1-2H3,(H,26,27,28);. The fourth-order valence-corrected chi connectivity index (χ4v) is 4.67. The lowest BCUT2D eigenvalue weighted by molar-refractivity contribution is -0.0985. The molecular weight excluding hydrogens is 507 g/mol. The van der Waals surface area contributed by atoms with E-state index < -0.39 is 17.4 Å². The molecule has 13 heteroatoms. The van der Waals surface area contributed by atoms with Gasteiger partial charge in [0.25, 0.3) is 5.88 Å². The number of halogens is 1. The molecule has 1 saturated carbocycles. The predicted octanol–water partition coefficient (Wildman–Crippen LogP) is 3.31. The molecule has 5 rings (SSSR count). The lowest BCUT2D eigenvalue weighted by atomic mass is 9.92. The van der Waals surface area contributed by atoms with Crippen molar-refractivity contribution in [2.45, 2.75) is 63.3 Å². The number of methoxy groups -OCH3 is 1. The molecule has 11 nitrogen and oxygen atoms in total. The van der Waals surface area contributed by atoms with Crippen LogP contribution in [0.25, 0.3) is 0 Å². The lowest BCUT2D eigenvalue weighted by Gasteiger charge is -2.47. The van der Waals surface area contributed by atoms with Crippen LogP contribution in [0, 0.1) is 12.7 Å². The summed E-state index contributed by atoms with van der Waals surface area (Å²) in [4.78, 5) is 23.1. The summed E-state index contributed by atoms with van der Waals surface area (Å²) in [6.07, 6.45) is 5.09. The Bertz CT molecular complexity index is 1130. The summed E-state index contributed by atoms with van der Waals surface area (Å²) in [5.74, 6) is 0.468. The molecule has 1 aromatic heterocycles. The number of carbonyl (C=O) groups is 1. The minimum absolute atomic E-state index is 0.0395. The van der Waals surface area contributed by atoms with Crippen molar-refractivity contribution in [3.8, 4) is 11.6 Å². The molecule has 2 unspecified atom stereocenters. The second kappa shape index (κ2) is 12.3. The van der Waals surface area contributed by atoms with E-state index in [1.54, 1.807) is 12.1 Å². The predicted molar refractivity (Wildman–Crippen MR) is 130 cm³/mol. The monoisotopic (exact) mass is 536 g/mol. The molecule has 2 bridgehead atoms. The van der Waals surface area contributed by atoms with Gasteiger partial charge in [0.15, 0.2) is 5.82 Å². The Labute approximate surface area is 217 Å². The van der Waals surface area contributed by atoms with Crippen LogP contribution < -0.4 is 14.8 Å². The molecule has 37 heavy (non-hydrogen) atoms. The van der Waals surface area contributed by atoms with E-state index in [2.05, 4.69) is 15.3 Å². The number of fused-ring (bicyclic) bond motifs is 2.